The van der Waals surface area contributed by atoms with Crippen LogP contribution in [0.25, 0.3) is 16.6 Å². The SMILES string of the molecule is O=C(O)c1cc2cc(NC(=O)C(Cc3ccc(N4CCN(C5CCOCC5)CC4=O)cc3)N3CCN(c4cc(Cl)ccc4-n4cnnn4)C(=O)C3=O)ccc2n1C(=O)O. The Morgan fingerprint density at radius 3 is 2.32 bits per heavy atom. The number of carbonyl (C=O) groups is 6. The third kappa shape index (κ3) is 7.82. The predicted molar refractivity (Wildman–Crippen MR) is 211 cm³/mol. The Bertz CT molecular complexity index is 2470. The molecular weight excluding hydrogens is 788 g/mol. The van der Waals surface area contributed by atoms with Crippen molar-refractivity contribution in [3.05, 3.63) is 89.3 Å². The van der Waals surface area contributed by atoms with Crippen LogP contribution in [0, 0.1) is 0 Å². The first-order chi connectivity index (χ1) is 28.5. The van der Waals surface area contributed by atoms with Gasteiger partial charge < -0.3 is 35.0 Å². The van der Waals surface area contributed by atoms with E-state index in [4.69, 9.17) is 16.3 Å². The van der Waals surface area contributed by atoms with Crippen molar-refractivity contribution in [3.63, 3.8) is 0 Å². The Balaban J connectivity index is 1.05. The van der Waals surface area contributed by atoms with E-state index in [0.717, 1.165) is 19.4 Å². The van der Waals surface area contributed by atoms with Gasteiger partial charge in [-0.2, -0.15) is 4.68 Å². The second kappa shape index (κ2) is 16.3. The maximum Gasteiger partial charge on any atom is 0.416 e. The predicted octanol–water partition coefficient (Wildman–Crippen LogP) is 2.75. The topological polar surface area (TPSA) is 226 Å². The summed E-state index contributed by atoms with van der Waals surface area (Å²) in [6, 6.07) is 16.3. The summed E-state index contributed by atoms with van der Waals surface area (Å²) < 4.78 is 7.44. The summed E-state index contributed by atoms with van der Waals surface area (Å²) in [5.74, 6) is -4.01. The van der Waals surface area contributed by atoms with Crippen LogP contribution in [0.3, 0.4) is 0 Å². The number of piperazine rings is 2. The minimum Gasteiger partial charge on any atom is -0.477 e. The highest BCUT2D eigenvalue weighted by Crippen LogP contribution is 2.31. The molecule has 2 aromatic heterocycles. The van der Waals surface area contributed by atoms with Crippen molar-refractivity contribution in [3.8, 4) is 5.69 Å². The molecule has 0 radical (unpaired) electrons. The van der Waals surface area contributed by atoms with Gasteiger partial charge in [0.1, 0.15) is 18.1 Å². The molecule has 5 aromatic rings. The number of hydrogen-bond acceptors (Lipinski definition) is 11. The summed E-state index contributed by atoms with van der Waals surface area (Å²) >= 11 is 6.32. The Morgan fingerprint density at radius 2 is 1.63 bits per heavy atom. The number of carboxylic acid groups (broad SMARTS) is 2. The lowest BCUT2D eigenvalue weighted by Crippen LogP contribution is -2.60. The fourth-order valence-corrected chi connectivity index (χ4v) is 8.11. The lowest BCUT2D eigenvalue weighted by molar-refractivity contribution is -0.149. The smallest absolute Gasteiger partial charge is 0.416 e. The first-order valence-electron chi connectivity index (χ1n) is 18.8. The molecule has 3 aliphatic rings. The summed E-state index contributed by atoms with van der Waals surface area (Å²) in [4.78, 5) is 85.7. The van der Waals surface area contributed by atoms with Gasteiger partial charge in [0.2, 0.25) is 11.8 Å². The van der Waals surface area contributed by atoms with Crippen LogP contribution in [-0.4, -0.2) is 138 Å². The van der Waals surface area contributed by atoms with E-state index in [9.17, 15) is 39.0 Å². The summed E-state index contributed by atoms with van der Waals surface area (Å²) in [5.41, 5.74) is 1.81. The molecule has 1 atom stereocenters. The van der Waals surface area contributed by atoms with Gasteiger partial charge in [0, 0.05) is 73.6 Å². The fourth-order valence-electron chi connectivity index (χ4n) is 7.94. The first kappa shape index (κ1) is 39.1. The number of anilines is 3. The number of nitrogens with zero attached hydrogens (tertiary/aromatic N) is 9. The summed E-state index contributed by atoms with van der Waals surface area (Å²) in [6.45, 7) is 2.82. The van der Waals surface area contributed by atoms with E-state index >= 15 is 0 Å². The van der Waals surface area contributed by atoms with Gasteiger partial charge in [0.15, 0.2) is 0 Å². The van der Waals surface area contributed by atoms with Crippen molar-refractivity contribution in [2.75, 3.05) is 61.1 Å². The molecule has 1 unspecified atom stereocenters. The molecule has 3 aromatic carbocycles. The molecule has 8 rings (SSSR count). The zero-order valence-electron chi connectivity index (χ0n) is 31.3. The Hall–Kier alpha value is -6.70. The van der Waals surface area contributed by atoms with Gasteiger partial charge in [-0.25, -0.2) is 14.2 Å². The maximum absolute atomic E-state index is 14.3. The zero-order valence-corrected chi connectivity index (χ0v) is 32.1. The number of carboxylic acids is 1. The van der Waals surface area contributed by atoms with Crippen molar-refractivity contribution in [2.45, 2.75) is 31.3 Å². The number of benzene rings is 3. The molecule has 19 nitrogen and oxygen atoms in total. The third-order valence-corrected chi connectivity index (χ3v) is 11.1. The van der Waals surface area contributed by atoms with E-state index in [0.29, 0.717) is 58.9 Å². The quantitative estimate of drug-likeness (QED) is 0.173. The van der Waals surface area contributed by atoms with E-state index in [-0.39, 0.29) is 47.7 Å². The molecular formula is C39H37ClN10O9. The molecule has 5 heterocycles. The molecule has 0 saturated carbocycles. The lowest BCUT2D eigenvalue weighted by atomic mass is 10.0. The highest BCUT2D eigenvalue weighted by Gasteiger charge is 2.41. The number of amides is 4. The van der Waals surface area contributed by atoms with Crippen LogP contribution in [0.1, 0.15) is 28.9 Å². The molecule has 3 saturated heterocycles. The van der Waals surface area contributed by atoms with Crippen molar-refractivity contribution < 1.29 is 43.7 Å². The van der Waals surface area contributed by atoms with E-state index in [1.807, 2.05) is 0 Å². The number of fused-ring (bicyclic) bond motifs is 1. The summed E-state index contributed by atoms with van der Waals surface area (Å²) in [5, 5.41) is 33.8. The summed E-state index contributed by atoms with van der Waals surface area (Å²) in [6.07, 6.45) is 1.60. The number of rotatable bonds is 10. The molecule has 4 amide bonds. The van der Waals surface area contributed by atoms with Crippen LogP contribution in [0.2, 0.25) is 5.02 Å². The largest absolute Gasteiger partial charge is 0.477 e. The van der Waals surface area contributed by atoms with Crippen molar-refractivity contribution in [1.29, 1.82) is 0 Å². The number of hydrogen-bond donors (Lipinski definition) is 3. The molecule has 3 fully saturated rings. The number of halogens is 1. The number of nitrogens with one attached hydrogen (secondary N) is 1. The van der Waals surface area contributed by atoms with Gasteiger partial charge in [0.05, 0.1) is 23.4 Å². The van der Waals surface area contributed by atoms with Crippen LogP contribution < -0.4 is 15.1 Å². The number of tetrazole rings is 1. The fraction of sp³-hybridized carbons (Fsp3) is 0.308. The second-order valence-corrected chi connectivity index (χ2v) is 14.7. The molecule has 20 heteroatoms. The highest BCUT2D eigenvalue weighted by molar-refractivity contribution is 6.41. The second-order valence-electron chi connectivity index (χ2n) is 14.3. The number of aromatic nitrogens is 5. The monoisotopic (exact) mass is 824 g/mol. The van der Waals surface area contributed by atoms with Crippen molar-refractivity contribution in [2.24, 2.45) is 0 Å². The van der Waals surface area contributed by atoms with E-state index in [2.05, 4.69) is 25.7 Å². The highest BCUT2D eigenvalue weighted by atomic mass is 35.5. The molecule has 304 valence electrons. The Labute approximate surface area is 340 Å². The molecule has 0 bridgehead atoms. The average Bonchev–Trinajstić information content (AvgIpc) is 3.91. The zero-order chi connectivity index (χ0) is 41.4. The third-order valence-electron chi connectivity index (χ3n) is 10.9. The van der Waals surface area contributed by atoms with Gasteiger partial charge in [-0.15, -0.1) is 5.10 Å². The molecule has 0 aliphatic carbocycles. The van der Waals surface area contributed by atoms with Gasteiger partial charge in [0.25, 0.3) is 0 Å². The number of carbonyl (C=O) groups excluding carboxylic acids is 4. The summed E-state index contributed by atoms with van der Waals surface area (Å²) in [7, 11) is 0. The maximum atomic E-state index is 14.3. The van der Waals surface area contributed by atoms with Crippen molar-refractivity contribution >= 4 is 75.3 Å². The lowest BCUT2D eigenvalue weighted by Gasteiger charge is -2.40. The molecule has 59 heavy (non-hydrogen) atoms. The standard InChI is InChI=1S/C39H37ClN10O9/c40-25-3-7-30(49-22-41-43-44-49)31(20-25)47-13-14-48(37(54)36(47)53)32(35(52)42-26-4-8-29-24(18-26)19-33(38(55)56)50(29)39(57)58)17-23-1-5-28(6-2-23)46-12-11-45(21-34(46)51)27-9-15-59-16-10-27/h1-8,18-20,22,27,32H,9-17,21H2,(H,42,52)(H,55,56)(H,57,58). The molecule has 3 aliphatic heterocycles. The van der Waals surface area contributed by atoms with Crippen LogP contribution in [0.4, 0.5) is 21.9 Å². The van der Waals surface area contributed by atoms with Gasteiger partial charge in [-0.3, -0.25) is 24.1 Å². The van der Waals surface area contributed by atoms with Crippen LogP contribution in [-0.2, 0) is 30.3 Å². The number of aromatic carboxylic acids is 1. The normalized spacial score (nSPS) is 17.4. The van der Waals surface area contributed by atoms with E-state index in [1.54, 1.807) is 41.3 Å². The molecule has 0 spiro atoms. The Morgan fingerprint density at radius 1 is 0.864 bits per heavy atom. The van der Waals surface area contributed by atoms with Gasteiger partial charge in [-0.1, -0.05) is 23.7 Å². The average molecular weight is 825 g/mol. The van der Waals surface area contributed by atoms with Crippen LogP contribution in [0.15, 0.2) is 73.1 Å². The van der Waals surface area contributed by atoms with Crippen LogP contribution in [0.5, 0.6) is 0 Å². The minimum absolute atomic E-state index is 0.0165. The van der Waals surface area contributed by atoms with Crippen LogP contribution >= 0.6 is 11.6 Å². The van der Waals surface area contributed by atoms with E-state index < -0.39 is 41.5 Å². The first-order valence-corrected chi connectivity index (χ1v) is 19.1. The minimum atomic E-state index is -1.49. The van der Waals surface area contributed by atoms with Gasteiger partial charge >= 0.3 is 23.9 Å². The van der Waals surface area contributed by atoms with E-state index in [1.165, 1.54) is 51.1 Å². The molecule has 3 N–H and O–H groups in total. The Kier molecular flexibility index (Phi) is 10.8. The van der Waals surface area contributed by atoms with Crippen molar-refractivity contribution in [1.82, 2.24) is 34.6 Å². The van der Waals surface area contributed by atoms with Gasteiger partial charge in [-0.05, 0) is 83.4 Å². The number of ether oxygens (including phenoxy) is 1.